The van der Waals surface area contributed by atoms with Gasteiger partial charge in [-0.3, -0.25) is 14.4 Å². The lowest BCUT2D eigenvalue weighted by molar-refractivity contribution is 0.0952. The van der Waals surface area contributed by atoms with E-state index in [1.807, 2.05) is 31.2 Å². The van der Waals surface area contributed by atoms with Crippen molar-refractivity contribution >= 4 is 33.0 Å². The Morgan fingerprint density at radius 1 is 1.00 bits per heavy atom. The van der Waals surface area contributed by atoms with E-state index in [0.717, 1.165) is 55.2 Å². The predicted molar refractivity (Wildman–Crippen MR) is 137 cm³/mol. The molecule has 1 aliphatic rings. The molecular formula is C25H30N4O3S2. The monoisotopic (exact) mass is 498 g/mol. The van der Waals surface area contributed by atoms with E-state index >= 15 is 0 Å². The summed E-state index contributed by atoms with van der Waals surface area (Å²) in [7, 11) is -1.74. The number of thiophene rings is 1. The number of hydrogen-bond acceptors (Lipinski definition) is 6. The van der Waals surface area contributed by atoms with E-state index in [1.54, 1.807) is 17.5 Å². The number of anilines is 1. The Morgan fingerprint density at radius 3 is 2.44 bits per heavy atom. The Kier molecular flexibility index (Phi) is 7.67. The maximum absolute atomic E-state index is 12.9. The number of piperazine rings is 1. The zero-order valence-corrected chi connectivity index (χ0v) is 21.1. The molecule has 1 aliphatic heterocycles. The second-order valence-corrected chi connectivity index (χ2v) is 11.2. The summed E-state index contributed by atoms with van der Waals surface area (Å²) < 4.78 is 28.4. The number of likely N-dealkylation sites (N-methyl/N-ethyl adjacent to an activating group) is 1. The van der Waals surface area contributed by atoms with Crippen LogP contribution in [0.5, 0.6) is 0 Å². The highest BCUT2D eigenvalue weighted by Crippen LogP contribution is 2.25. The van der Waals surface area contributed by atoms with Crippen LogP contribution in [0.3, 0.4) is 0 Å². The van der Waals surface area contributed by atoms with E-state index in [2.05, 4.69) is 39.0 Å². The standard InChI is InChI=1S/C25H30N4O3S2/c1-19-6-8-22(9-7-19)27-34(31,32)23-10-15-33-24(23)25(30)26-17-20-4-3-5-21(16-20)18-29-13-11-28(2)12-14-29/h3-10,15-16,27H,11-14,17-18H2,1-2H3,(H,26,30). The van der Waals surface area contributed by atoms with Crippen LogP contribution in [0.25, 0.3) is 0 Å². The van der Waals surface area contributed by atoms with Gasteiger partial charge in [0, 0.05) is 45.0 Å². The first-order valence-corrected chi connectivity index (χ1v) is 13.6. The first kappa shape index (κ1) is 24.4. The fourth-order valence-corrected chi connectivity index (χ4v) is 6.27. The third kappa shape index (κ3) is 6.24. The van der Waals surface area contributed by atoms with Crippen LogP contribution in [-0.4, -0.2) is 57.4 Å². The molecule has 2 aromatic carbocycles. The van der Waals surface area contributed by atoms with Crippen LogP contribution in [0.15, 0.2) is 64.9 Å². The van der Waals surface area contributed by atoms with Crippen LogP contribution in [-0.2, 0) is 23.1 Å². The number of sulfonamides is 1. The molecule has 0 saturated carbocycles. The average Bonchev–Trinajstić information content (AvgIpc) is 3.32. The summed E-state index contributed by atoms with van der Waals surface area (Å²) in [4.78, 5) is 17.8. The van der Waals surface area contributed by atoms with Crippen molar-refractivity contribution in [3.05, 3.63) is 81.5 Å². The molecule has 0 atom stereocenters. The molecule has 1 aromatic heterocycles. The summed E-state index contributed by atoms with van der Waals surface area (Å²) in [5.74, 6) is -0.399. The lowest BCUT2D eigenvalue weighted by Gasteiger charge is -2.32. The van der Waals surface area contributed by atoms with Crippen LogP contribution < -0.4 is 10.0 Å². The average molecular weight is 499 g/mol. The van der Waals surface area contributed by atoms with Crippen LogP contribution in [0, 0.1) is 6.92 Å². The van der Waals surface area contributed by atoms with Gasteiger partial charge in [0.1, 0.15) is 9.77 Å². The second-order valence-electron chi connectivity index (χ2n) is 8.67. The van der Waals surface area contributed by atoms with Crippen LogP contribution >= 0.6 is 11.3 Å². The number of rotatable bonds is 8. The zero-order valence-electron chi connectivity index (χ0n) is 19.5. The molecule has 3 aromatic rings. The highest BCUT2D eigenvalue weighted by Gasteiger charge is 2.24. The largest absolute Gasteiger partial charge is 0.347 e. The van der Waals surface area contributed by atoms with E-state index in [0.29, 0.717) is 12.2 Å². The van der Waals surface area contributed by atoms with Crippen molar-refractivity contribution in [3.63, 3.8) is 0 Å². The Labute approximate surface area is 205 Å². The first-order chi connectivity index (χ1) is 16.3. The van der Waals surface area contributed by atoms with Crippen LogP contribution in [0.1, 0.15) is 26.4 Å². The van der Waals surface area contributed by atoms with Gasteiger partial charge in [0.05, 0.1) is 0 Å². The maximum atomic E-state index is 12.9. The Hall–Kier alpha value is -2.72. The summed E-state index contributed by atoms with van der Waals surface area (Å²) in [5, 5.41) is 4.50. The van der Waals surface area contributed by atoms with Crippen molar-refractivity contribution in [1.29, 1.82) is 0 Å². The van der Waals surface area contributed by atoms with E-state index in [4.69, 9.17) is 0 Å². The lowest BCUT2D eigenvalue weighted by Crippen LogP contribution is -2.43. The van der Waals surface area contributed by atoms with Gasteiger partial charge < -0.3 is 10.2 Å². The van der Waals surface area contributed by atoms with Gasteiger partial charge in [0.2, 0.25) is 0 Å². The molecule has 0 spiro atoms. The minimum Gasteiger partial charge on any atom is -0.347 e. The van der Waals surface area contributed by atoms with E-state index in [1.165, 1.54) is 11.6 Å². The summed E-state index contributed by atoms with van der Waals surface area (Å²) in [6, 6.07) is 16.7. The van der Waals surface area contributed by atoms with Gasteiger partial charge >= 0.3 is 0 Å². The van der Waals surface area contributed by atoms with Crippen molar-refractivity contribution in [2.45, 2.75) is 24.9 Å². The SMILES string of the molecule is Cc1ccc(NS(=O)(=O)c2ccsc2C(=O)NCc2cccc(CN3CCN(C)CC3)c2)cc1. The number of hydrogen-bond donors (Lipinski definition) is 2. The van der Waals surface area contributed by atoms with Crippen LogP contribution in [0.4, 0.5) is 5.69 Å². The van der Waals surface area contributed by atoms with E-state index in [9.17, 15) is 13.2 Å². The van der Waals surface area contributed by atoms with Gasteiger partial charge in [-0.05, 0) is 48.7 Å². The highest BCUT2D eigenvalue weighted by atomic mass is 32.2. The molecule has 9 heteroatoms. The fourth-order valence-electron chi connectivity index (χ4n) is 3.87. The van der Waals surface area contributed by atoms with Crippen molar-refractivity contribution in [3.8, 4) is 0 Å². The number of amides is 1. The molecule has 0 aliphatic carbocycles. The van der Waals surface area contributed by atoms with Gasteiger partial charge in [-0.2, -0.15) is 0 Å². The molecule has 0 bridgehead atoms. The van der Waals surface area contributed by atoms with Crippen molar-refractivity contribution in [2.24, 2.45) is 0 Å². The Bertz CT molecular complexity index is 1230. The van der Waals surface area contributed by atoms with Crippen LogP contribution in [0.2, 0.25) is 0 Å². The molecule has 2 N–H and O–H groups in total. The topological polar surface area (TPSA) is 81.7 Å². The van der Waals surface area contributed by atoms with Gasteiger partial charge in [0.15, 0.2) is 0 Å². The first-order valence-electron chi connectivity index (χ1n) is 11.2. The quantitative estimate of drug-likeness (QED) is 0.497. The highest BCUT2D eigenvalue weighted by molar-refractivity contribution is 7.93. The van der Waals surface area contributed by atoms with E-state index in [-0.39, 0.29) is 9.77 Å². The molecule has 1 fully saturated rings. The third-order valence-electron chi connectivity index (χ3n) is 5.88. The summed E-state index contributed by atoms with van der Waals surface area (Å²) in [6.07, 6.45) is 0. The maximum Gasteiger partial charge on any atom is 0.263 e. The molecule has 2 heterocycles. The number of carbonyl (C=O) groups excluding carboxylic acids is 1. The Morgan fingerprint density at radius 2 is 1.71 bits per heavy atom. The van der Waals surface area contributed by atoms with Crippen molar-refractivity contribution < 1.29 is 13.2 Å². The molecular weight excluding hydrogens is 468 g/mol. The minimum atomic E-state index is -3.88. The molecule has 0 unspecified atom stereocenters. The van der Waals surface area contributed by atoms with Gasteiger partial charge in [-0.15, -0.1) is 11.3 Å². The fraction of sp³-hybridized carbons (Fsp3) is 0.320. The summed E-state index contributed by atoms with van der Waals surface area (Å²) >= 11 is 1.12. The molecule has 1 saturated heterocycles. The number of aryl methyl sites for hydroxylation is 1. The molecule has 0 radical (unpaired) electrons. The minimum absolute atomic E-state index is 0.0145. The number of benzene rings is 2. The smallest absolute Gasteiger partial charge is 0.263 e. The van der Waals surface area contributed by atoms with Gasteiger partial charge in [-0.1, -0.05) is 42.0 Å². The van der Waals surface area contributed by atoms with Crippen molar-refractivity contribution in [2.75, 3.05) is 37.9 Å². The number of nitrogens with one attached hydrogen (secondary N) is 2. The normalized spacial score (nSPS) is 15.2. The zero-order chi connectivity index (χ0) is 24.1. The van der Waals surface area contributed by atoms with E-state index < -0.39 is 15.9 Å². The third-order valence-corrected chi connectivity index (χ3v) is 8.34. The predicted octanol–water partition coefficient (Wildman–Crippen LogP) is 3.53. The number of nitrogens with zero attached hydrogens (tertiary/aromatic N) is 2. The second kappa shape index (κ2) is 10.7. The Balaban J connectivity index is 1.39. The molecule has 34 heavy (non-hydrogen) atoms. The molecule has 1 amide bonds. The lowest BCUT2D eigenvalue weighted by atomic mass is 10.1. The molecule has 4 rings (SSSR count). The molecule has 180 valence electrons. The summed E-state index contributed by atoms with van der Waals surface area (Å²) in [6.45, 7) is 7.38. The van der Waals surface area contributed by atoms with Gasteiger partial charge in [0.25, 0.3) is 15.9 Å². The van der Waals surface area contributed by atoms with Crippen molar-refractivity contribution in [1.82, 2.24) is 15.1 Å². The summed E-state index contributed by atoms with van der Waals surface area (Å²) in [5.41, 5.74) is 3.68. The number of carbonyl (C=O) groups is 1. The molecule has 7 nitrogen and oxygen atoms in total. The van der Waals surface area contributed by atoms with Gasteiger partial charge in [-0.25, -0.2) is 8.42 Å².